The van der Waals surface area contributed by atoms with E-state index in [0.717, 1.165) is 32.1 Å². The quantitative estimate of drug-likeness (QED) is 0.823. The Hall–Kier alpha value is -0.870. The lowest BCUT2D eigenvalue weighted by molar-refractivity contribution is 0.464. The van der Waals surface area contributed by atoms with Crippen molar-refractivity contribution in [1.82, 2.24) is 4.31 Å². The van der Waals surface area contributed by atoms with Gasteiger partial charge < -0.3 is 0 Å². The molecule has 1 fully saturated rings. The van der Waals surface area contributed by atoms with Crippen LogP contribution in [-0.2, 0) is 22.9 Å². The van der Waals surface area contributed by atoms with Crippen molar-refractivity contribution in [3.8, 4) is 0 Å². The summed E-state index contributed by atoms with van der Waals surface area (Å²) >= 11 is 0. The Morgan fingerprint density at radius 3 is 2.59 bits per heavy atom. The van der Waals surface area contributed by atoms with Gasteiger partial charge >= 0.3 is 0 Å². The van der Waals surface area contributed by atoms with Gasteiger partial charge in [-0.05, 0) is 55.4 Å². The van der Waals surface area contributed by atoms with Gasteiger partial charge in [0.1, 0.15) is 0 Å². The zero-order chi connectivity index (χ0) is 12.0. The molecule has 4 heteroatoms. The molecule has 3 rings (SSSR count). The molecule has 17 heavy (non-hydrogen) atoms. The molecule has 0 amide bonds. The van der Waals surface area contributed by atoms with E-state index in [4.69, 9.17) is 0 Å². The lowest BCUT2D eigenvalue weighted by Crippen LogP contribution is -2.29. The molecule has 92 valence electrons. The van der Waals surface area contributed by atoms with E-state index in [1.54, 1.807) is 13.1 Å². The first-order valence-corrected chi connectivity index (χ1v) is 7.63. The summed E-state index contributed by atoms with van der Waals surface area (Å²) < 4.78 is 26.2. The first-order chi connectivity index (χ1) is 8.09. The Labute approximate surface area is 102 Å². The Bertz CT molecular complexity index is 547. The molecule has 0 N–H and O–H groups in total. The molecule has 1 aromatic carbocycles. The van der Waals surface area contributed by atoms with Crippen LogP contribution in [0.5, 0.6) is 0 Å². The predicted octanol–water partition coefficient (Wildman–Crippen LogP) is 1.96. The van der Waals surface area contributed by atoms with Crippen molar-refractivity contribution in [3.63, 3.8) is 0 Å². The third-order valence-corrected chi connectivity index (χ3v) is 5.71. The number of hydrogen-bond acceptors (Lipinski definition) is 2. The number of fused-ring (bicyclic) bond motifs is 1. The van der Waals surface area contributed by atoms with Crippen molar-refractivity contribution in [2.24, 2.45) is 0 Å². The maximum absolute atomic E-state index is 12.3. The van der Waals surface area contributed by atoms with Crippen LogP contribution < -0.4 is 0 Å². The number of benzene rings is 1. The fraction of sp³-hybridized carbons (Fsp3) is 0.538. The van der Waals surface area contributed by atoms with Crippen LogP contribution in [0.4, 0.5) is 0 Å². The lowest BCUT2D eigenvalue weighted by Gasteiger charge is -2.16. The topological polar surface area (TPSA) is 37.4 Å². The highest BCUT2D eigenvalue weighted by atomic mass is 32.2. The molecule has 2 aliphatic rings. The minimum absolute atomic E-state index is 0.230. The Kier molecular flexibility index (Phi) is 2.52. The van der Waals surface area contributed by atoms with Gasteiger partial charge in [-0.3, -0.25) is 0 Å². The molecular weight excluding hydrogens is 234 g/mol. The van der Waals surface area contributed by atoms with Gasteiger partial charge in [0, 0.05) is 13.1 Å². The molecule has 0 spiro atoms. The van der Waals surface area contributed by atoms with Crippen LogP contribution in [-0.4, -0.2) is 25.8 Å². The zero-order valence-corrected chi connectivity index (χ0v) is 10.8. The van der Waals surface area contributed by atoms with Gasteiger partial charge in [-0.15, -0.1) is 0 Å². The van der Waals surface area contributed by atoms with E-state index in [1.807, 2.05) is 12.1 Å². The van der Waals surface area contributed by atoms with E-state index < -0.39 is 10.0 Å². The van der Waals surface area contributed by atoms with Crippen molar-refractivity contribution in [2.75, 3.05) is 7.05 Å². The van der Waals surface area contributed by atoms with Gasteiger partial charge in [-0.1, -0.05) is 6.07 Å². The number of hydrogen-bond donors (Lipinski definition) is 0. The van der Waals surface area contributed by atoms with E-state index >= 15 is 0 Å². The molecule has 0 aliphatic heterocycles. The van der Waals surface area contributed by atoms with Crippen LogP contribution in [0, 0.1) is 0 Å². The first-order valence-electron chi connectivity index (χ1n) is 6.19. The summed E-state index contributed by atoms with van der Waals surface area (Å²) in [6.45, 7) is 0. The van der Waals surface area contributed by atoms with Crippen molar-refractivity contribution in [3.05, 3.63) is 29.3 Å². The highest BCUT2D eigenvalue weighted by Gasteiger charge is 2.35. The van der Waals surface area contributed by atoms with Crippen LogP contribution in [0.15, 0.2) is 23.1 Å². The second-order valence-corrected chi connectivity index (χ2v) is 7.03. The van der Waals surface area contributed by atoms with Gasteiger partial charge in [-0.2, -0.15) is 4.31 Å². The van der Waals surface area contributed by atoms with Gasteiger partial charge in [-0.25, -0.2) is 8.42 Å². The van der Waals surface area contributed by atoms with Crippen molar-refractivity contribution < 1.29 is 8.42 Å². The summed E-state index contributed by atoms with van der Waals surface area (Å²) in [6.07, 6.45) is 5.26. The summed E-state index contributed by atoms with van der Waals surface area (Å²) in [5.41, 5.74) is 2.54. The SMILES string of the molecule is CN(C1CC1)S(=O)(=O)c1ccc2c(c1)CCC2. The van der Waals surface area contributed by atoms with Crippen LogP contribution in [0.3, 0.4) is 0 Å². The fourth-order valence-electron chi connectivity index (χ4n) is 2.51. The third kappa shape index (κ3) is 1.89. The zero-order valence-electron chi connectivity index (χ0n) is 10.0. The van der Waals surface area contributed by atoms with E-state index in [1.165, 1.54) is 15.4 Å². The average molecular weight is 251 g/mol. The highest BCUT2D eigenvalue weighted by molar-refractivity contribution is 7.89. The molecular formula is C13H17NO2S. The van der Waals surface area contributed by atoms with Crippen molar-refractivity contribution in [2.45, 2.75) is 43.0 Å². The van der Waals surface area contributed by atoms with Gasteiger partial charge in [0.05, 0.1) is 4.90 Å². The maximum Gasteiger partial charge on any atom is 0.243 e. The second kappa shape index (κ2) is 3.82. The number of sulfonamides is 1. The number of rotatable bonds is 3. The Morgan fingerprint density at radius 2 is 1.88 bits per heavy atom. The highest BCUT2D eigenvalue weighted by Crippen LogP contribution is 2.32. The smallest absolute Gasteiger partial charge is 0.207 e. The minimum atomic E-state index is -3.26. The van der Waals surface area contributed by atoms with Gasteiger partial charge in [0.15, 0.2) is 0 Å². The molecule has 0 heterocycles. The van der Waals surface area contributed by atoms with Crippen LogP contribution in [0.1, 0.15) is 30.4 Å². The molecule has 2 aliphatic carbocycles. The van der Waals surface area contributed by atoms with Crippen molar-refractivity contribution >= 4 is 10.0 Å². The van der Waals surface area contributed by atoms with Crippen molar-refractivity contribution in [1.29, 1.82) is 0 Å². The monoisotopic (exact) mass is 251 g/mol. The molecule has 0 atom stereocenters. The molecule has 0 unspecified atom stereocenters. The lowest BCUT2D eigenvalue weighted by atomic mass is 10.1. The average Bonchev–Trinajstić information content (AvgIpc) is 3.05. The van der Waals surface area contributed by atoms with E-state index in [2.05, 4.69) is 0 Å². The molecule has 0 radical (unpaired) electrons. The Balaban J connectivity index is 1.98. The predicted molar refractivity (Wildman–Crippen MR) is 66.4 cm³/mol. The number of nitrogens with zero attached hydrogens (tertiary/aromatic N) is 1. The second-order valence-electron chi connectivity index (χ2n) is 5.04. The molecule has 0 saturated heterocycles. The summed E-state index contributed by atoms with van der Waals surface area (Å²) in [5.74, 6) is 0. The summed E-state index contributed by atoms with van der Waals surface area (Å²) in [7, 11) is -1.57. The summed E-state index contributed by atoms with van der Waals surface area (Å²) in [4.78, 5) is 0.465. The largest absolute Gasteiger partial charge is 0.243 e. The fourth-order valence-corrected chi connectivity index (χ4v) is 3.98. The molecule has 0 bridgehead atoms. The molecule has 3 nitrogen and oxygen atoms in total. The summed E-state index contributed by atoms with van der Waals surface area (Å²) in [5, 5.41) is 0. The normalized spacial score (nSPS) is 19.6. The third-order valence-electron chi connectivity index (χ3n) is 3.81. The Morgan fingerprint density at radius 1 is 1.18 bits per heavy atom. The van der Waals surface area contributed by atoms with Gasteiger partial charge in [0.2, 0.25) is 10.0 Å². The molecule has 1 saturated carbocycles. The van der Waals surface area contributed by atoms with Crippen LogP contribution in [0.2, 0.25) is 0 Å². The standard InChI is InChI=1S/C13H17NO2S/c1-14(12-6-7-12)17(15,16)13-8-5-10-3-2-4-11(10)9-13/h5,8-9,12H,2-4,6-7H2,1H3. The molecule has 0 aromatic heterocycles. The summed E-state index contributed by atoms with van der Waals surface area (Å²) in [6, 6.07) is 5.85. The van der Waals surface area contributed by atoms with E-state index in [-0.39, 0.29) is 6.04 Å². The van der Waals surface area contributed by atoms with E-state index in [9.17, 15) is 8.42 Å². The maximum atomic E-state index is 12.3. The van der Waals surface area contributed by atoms with Gasteiger partial charge in [0.25, 0.3) is 0 Å². The van der Waals surface area contributed by atoms with Crippen LogP contribution >= 0.6 is 0 Å². The van der Waals surface area contributed by atoms with Crippen LogP contribution in [0.25, 0.3) is 0 Å². The first kappa shape index (κ1) is 11.2. The minimum Gasteiger partial charge on any atom is -0.207 e. The molecule has 1 aromatic rings. The van der Waals surface area contributed by atoms with E-state index in [0.29, 0.717) is 4.90 Å². The number of aryl methyl sites for hydroxylation is 2.